The molecule has 10 heteroatoms. The van der Waals surface area contributed by atoms with Crippen molar-refractivity contribution in [2.75, 3.05) is 6.54 Å². The summed E-state index contributed by atoms with van der Waals surface area (Å²) in [7, 11) is -3.86. The van der Waals surface area contributed by atoms with Crippen LogP contribution in [0.2, 0.25) is 5.02 Å². The number of sulfonamides is 1. The molecule has 1 fully saturated rings. The zero-order chi connectivity index (χ0) is 22.7. The van der Waals surface area contributed by atoms with Crippen LogP contribution in [0.1, 0.15) is 38.2 Å². The standard InChI is InChI=1S/C22H26ClN5O3S/c1-2-12-27-20-11-10-18(14-19(20)25-26-27)32(30,31)28-13-4-3-5-21(28)22(29)24-15-16-6-8-17(23)9-7-16/h6-11,14,21H,2-5,12-13,15H2,1H3,(H,24,29)/t21-/m1/s1. The second-order valence-corrected chi connectivity index (χ2v) is 10.3. The van der Waals surface area contributed by atoms with Crippen molar-refractivity contribution < 1.29 is 13.2 Å². The number of piperidine rings is 1. The van der Waals surface area contributed by atoms with E-state index in [1.54, 1.807) is 35.0 Å². The molecule has 1 saturated heterocycles. The normalized spacial score (nSPS) is 17.5. The van der Waals surface area contributed by atoms with Crippen LogP contribution in [0.15, 0.2) is 47.4 Å². The predicted octanol–water partition coefficient (Wildman–Crippen LogP) is 3.35. The molecule has 170 valence electrons. The highest BCUT2D eigenvalue weighted by Gasteiger charge is 2.37. The SMILES string of the molecule is CCCn1nnc2cc(S(=O)(=O)N3CCCC[C@@H]3C(=O)NCc3ccc(Cl)cc3)ccc21. The first-order chi connectivity index (χ1) is 15.4. The zero-order valence-electron chi connectivity index (χ0n) is 17.9. The summed E-state index contributed by atoms with van der Waals surface area (Å²) in [5, 5.41) is 11.7. The molecule has 0 aliphatic carbocycles. The molecule has 8 nitrogen and oxygen atoms in total. The van der Waals surface area contributed by atoms with Crippen molar-refractivity contribution in [3.8, 4) is 0 Å². The molecule has 4 rings (SSSR count). The maximum absolute atomic E-state index is 13.5. The second-order valence-electron chi connectivity index (χ2n) is 7.93. The van der Waals surface area contributed by atoms with E-state index in [4.69, 9.17) is 11.6 Å². The van der Waals surface area contributed by atoms with Crippen LogP contribution in [0.5, 0.6) is 0 Å². The first-order valence-electron chi connectivity index (χ1n) is 10.8. The Hall–Kier alpha value is -2.49. The fourth-order valence-corrected chi connectivity index (χ4v) is 5.79. The summed E-state index contributed by atoms with van der Waals surface area (Å²) in [6.07, 6.45) is 2.91. The van der Waals surface area contributed by atoms with Gasteiger partial charge in [-0.05, 0) is 55.2 Å². The van der Waals surface area contributed by atoms with Crippen molar-refractivity contribution in [2.24, 2.45) is 0 Å². The maximum atomic E-state index is 13.5. The second kappa shape index (κ2) is 9.56. The number of rotatable bonds is 7. The topological polar surface area (TPSA) is 97.2 Å². The fourth-order valence-electron chi connectivity index (χ4n) is 3.99. The summed E-state index contributed by atoms with van der Waals surface area (Å²) >= 11 is 5.91. The molecule has 3 aromatic rings. The number of aryl methyl sites for hydroxylation is 1. The molecule has 0 spiro atoms. The van der Waals surface area contributed by atoms with Crippen LogP contribution < -0.4 is 5.32 Å². The molecular weight excluding hydrogens is 450 g/mol. The Kier molecular flexibility index (Phi) is 6.78. The van der Waals surface area contributed by atoms with E-state index in [1.165, 1.54) is 4.31 Å². The van der Waals surface area contributed by atoms with E-state index in [2.05, 4.69) is 15.6 Å². The number of benzene rings is 2. The number of hydrogen-bond acceptors (Lipinski definition) is 5. The first kappa shape index (κ1) is 22.7. The van der Waals surface area contributed by atoms with Crippen molar-refractivity contribution >= 4 is 38.6 Å². The molecule has 1 N–H and O–H groups in total. The van der Waals surface area contributed by atoms with E-state index in [9.17, 15) is 13.2 Å². The van der Waals surface area contributed by atoms with Gasteiger partial charge in [0, 0.05) is 24.7 Å². The highest BCUT2D eigenvalue weighted by Crippen LogP contribution is 2.27. The minimum absolute atomic E-state index is 0.131. The summed E-state index contributed by atoms with van der Waals surface area (Å²) in [6.45, 7) is 3.38. The van der Waals surface area contributed by atoms with Crippen LogP contribution in [-0.2, 0) is 27.9 Å². The molecular formula is C22H26ClN5O3S. The number of halogens is 1. The van der Waals surface area contributed by atoms with E-state index in [0.29, 0.717) is 36.6 Å². The van der Waals surface area contributed by atoms with Crippen molar-refractivity contribution in [1.29, 1.82) is 0 Å². The van der Waals surface area contributed by atoms with Crippen molar-refractivity contribution in [3.63, 3.8) is 0 Å². The molecule has 0 radical (unpaired) electrons. The van der Waals surface area contributed by atoms with Crippen molar-refractivity contribution in [1.82, 2.24) is 24.6 Å². The lowest BCUT2D eigenvalue weighted by molar-refractivity contribution is -0.125. The van der Waals surface area contributed by atoms with Gasteiger partial charge in [-0.15, -0.1) is 5.10 Å². The Morgan fingerprint density at radius 1 is 1.19 bits per heavy atom. The van der Waals surface area contributed by atoms with Crippen molar-refractivity contribution in [2.45, 2.75) is 56.6 Å². The van der Waals surface area contributed by atoms with Crippen LogP contribution in [0.3, 0.4) is 0 Å². The van der Waals surface area contributed by atoms with Gasteiger partial charge in [0.15, 0.2) is 0 Å². The van der Waals surface area contributed by atoms with E-state index in [-0.39, 0.29) is 10.8 Å². The largest absolute Gasteiger partial charge is 0.351 e. The van der Waals surface area contributed by atoms with Gasteiger partial charge in [-0.3, -0.25) is 4.79 Å². The summed E-state index contributed by atoms with van der Waals surface area (Å²) in [6, 6.07) is 11.3. The average Bonchev–Trinajstić information content (AvgIpc) is 3.21. The molecule has 1 aliphatic heterocycles. The van der Waals surface area contributed by atoms with Gasteiger partial charge in [0.25, 0.3) is 0 Å². The number of nitrogens with zero attached hydrogens (tertiary/aromatic N) is 4. The van der Waals surface area contributed by atoms with Crippen LogP contribution in [-0.4, -0.2) is 46.2 Å². The van der Waals surface area contributed by atoms with Gasteiger partial charge in [0.2, 0.25) is 15.9 Å². The Morgan fingerprint density at radius 3 is 2.72 bits per heavy atom. The molecule has 2 aromatic carbocycles. The molecule has 1 aliphatic rings. The zero-order valence-corrected chi connectivity index (χ0v) is 19.4. The third-order valence-corrected chi connectivity index (χ3v) is 7.82. The summed E-state index contributed by atoms with van der Waals surface area (Å²) < 4.78 is 30.0. The third kappa shape index (κ3) is 4.65. The molecule has 1 aromatic heterocycles. The van der Waals surface area contributed by atoms with E-state index in [0.717, 1.165) is 30.3 Å². The lowest BCUT2D eigenvalue weighted by Gasteiger charge is -2.33. The van der Waals surface area contributed by atoms with Crippen LogP contribution in [0, 0.1) is 0 Å². The number of amides is 1. The predicted molar refractivity (Wildman–Crippen MR) is 123 cm³/mol. The molecule has 32 heavy (non-hydrogen) atoms. The maximum Gasteiger partial charge on any atom is 0.243 e. The van der Waals surface area contributed by atoms with Gasteiger partial charge in [0.1, 0.15) is 11.6 Å². The average molecular weight is 476 g/mol. The minimum Gasteiger partial charge on any atom is -0.351 e. The molecule has 0 bridgehead atoms. The number of carbonyl (C=O) groups is 1. The quantitative estimate of drug-likeness (QED) is 0.565. The molecule has 0 saturated carbocycles. The number of fused-ring (bicyclic) bond motifs is 1. The molecule has 0 unspecified atom stereocenters. The smallest absolute Gasteiger partial charge is 0.243 e. The van der Waals surface area contributed by atoms with Gasteiger partial charge < -0.3 is 5.32 Å². The van der Waals surface area contributed by atoms with Crippen molar-refractivity contribution in [3.05, 3.63) is 53.1 Å². The number of aromatic nitrogens is 3. The Balaban J connectivity index is 1.54. The van der Waals surface area contributed by atoms with Gasteiger partial charge in [-0.2, -0.15) is 4.31 Å². The Labute approximate surface area is 192 Å². The highest BCUT2D eigenvalue weighted by atomic mass is 35.5. The van der Waals surface area contributed by atoms with Crippen LogP contribution in [0.4, 0.5) is 0 Å². The lowest BCUT2D eigenvalue weighted by atomic mass is 10.0. The first-order valence-corrected chi connectivity index (χ1v) is 12.6. The van der Waals surface area contributed by atoms with Gasteiger partial charge in [-0.1, -0.05) is 42.3 Å². The molecule has 1 amide bonds. The van der Waals surface area contributed by atoms with Gasteiger partial charge >= 0.3 is 0 Å². The summed E-state index contributed by atoms with van der Waals surface area (Å²) in [5.74, 6) is -0.293. The number of carbonyl (C=O) groups excluding carboxylic acids is 1. The van der Waals surface area contributed by atoms with E-state index in [1.807, 2.05) is 19.1 Å². The van der Waals surface area contributed by atoms with Gasteiger partial charge in [-0.25, -0.2) is 13.1 Å². The summed E-state index contributed by atoms with van der Waals surface area (Å²) in [5.41, 5.74) is 2.22. The third-order valence-electron chi connectivity index (χ3n) is 5.66. The monoisotopic (exact) mass is 475 g/mol. The fraction of sp³-hybridized carbons (Fsp3) is 0.409. The summed E-state index contributed by atoms with van der Waals surface area (Å²) in [4.78, 5) is 13.1. The van der Waals surface area contributed by atoms with Gasteiger partial charge in [0.05, 0.1) is 10.4 Å². The lowest BCUT2D eigenvalue weighted by Crippen LogP contribution is -2.51. The molecule has 2 heterocycles. The number of hydrogen-bond donors (Lipinski definition) is 1. The minimum atomic E-state index is -3.86. The van der Waals surface area contributed by atoms with Crippen LogP contribution in [0.25, 0.3) is 11.0 Å². The van der Waals surface area contributed by atoms with E-state index >= 15 is 0 Å². The van der Waals surface area contributed by atoms with E-state index < -0.39 is 16.1 Å². The molecule has 1 atom stereocenters. The van der Waals surface area contributed by atoms with Crippen LogP contribution >= 0.6 is 11.6 Å². The Bertz CT molecular complexity index is 1210. The highest BCUT2D eigenvalue weighted by molar-refractivity contribution is 7.89. The number of nitrogens with one attached hydrogen (secondary N) is 1. The Morgan fingerprint density at radius 2 is 1.97 bits per heavy atom.